The molecule has 4 rings (SSSR count). The third kappa shape index (κ3) is 4.00. The maximum atomic E-state index is 4.32. The van der Waals surface area contributed by atoms with E-state index in [9.17, 15) is 0 Å². The zero-order valence-corrected chi connectivity index (χ0v) is 17.2. The van der Waals surface area contributed by atoms with Crippen LogP contribution in [-0.4, -0.2) is 9.97 Å². The zero-order valence-electron chi connectivity index (χ0n) is 14.0. The first-order chi connectivity index (χ1) is 12.7. The van der Waals surface area contributed by atoms with E-state index in [1.807, 2.05) is 0 Å². The normalized spacial score (nSPS) is 11.0. The summed E-state index contributed by atoms with van der Waals surface area (Å²) in [4.78, 5) is 9.91. The molecule has 3 nitrogen and oxygen atoms in total. The summed E-state index contributed by atoms with van der Waals surface area (Å²) in [6.07, 6.45) is 1.74. The maximum Gasteiger partial charge on any atom is 0.0931 e. The molecule has 0 atom stereocenters. The highest BCUT2D eigenvalue weighted by molar-refractivity contribution is 9.10. The molecule has 130 valence electrons. The van der Waals surface area contributed by atoms with Gasteiger partial charge in [-0.2, -0.15) is 0 Å². The Morgan fingerprint density at radius 1 is 0.769 bits per heavy atom. The van der Waals surface area contributed by atoms with Crippen molar-refractivity contribution in [2.24, 2.45) is 0 Å². The van der Waals surface area contributed by atoms with Crippen molar-refractivity contribution in [2.75, 3.05) is 4.90 Å². The molecule has 0 amide bonds. The number of nitrogens with one attached hydrogen (secondary N) is 1. The lowest BCUT2D eigenvalue weighted by Crippen LogP contribution is -2.22. The van der Waals surface area contributed by atoms with Crippen LogP contribution < -0.4 is 4.90 Å². The van der Waals surface area contributed by atoms with E-state index in [1.54, 1.807) is 6.33 Å². The minimum atomic E-state index is 0.836. The number of nitrogens with zero attached hydrogens (tertiary/aromatic N) is 2. The summed E-state index contributed by atoms with van der Waals surface area (Å²) in [5.74, 6) is 0. The fourth-order valence-electron chi connectivity index (χ4n) is 2.98. The van der Waals surface area contributed by atoms with E-state index in [0.29, 0.717) is 0 Å². The van der Waals surface area contributed by atoms with Crippen molar-refractivity contribution in [1.82, 2.24) is 9.97 Å². The van der Waals surface area contributed by atoms with E-state index >= 15 is 0 Å². The van der Waals surface area contributed by atoms with Crippen molar-refractivity contribution in [3.8, 4) is 0 Å². The van der Waals surface area contributed by atoms with Gasteiger partial charge in [-0.25, -0.2) is 4.98 Å². The molecular formula is C21H17Br2N3. The second kappa shape index (κ2) is 7.64. The second-order valence-electron chi connectivity index (χ2n) is 6.21. The molecule has 0 radical (unpaired) electrons. The number of fused-ring (bicyclic) bond motifs is 1. The average Bonchev–Trinajstić information content (AvgIpc) is 3.12. The van der Waals surface area contributed by atoms with Crippen LogP contribution in [0.4, 0.5) is 5.69 Å². The van der Waals surface area contributed by atoms with Gasteiger partial charge in [0.25, 0.3) is 0 Å². The van der Waals surface area contributed by atoms with Crippen LogP contribution in [0.25, 0.3) is 11.0 Å². The lowest BCUT2D eigenvalue weighted by Gasteiger charge is -2.25. The molecule has 0 saturated carbocycles. The number of hydrogen-bond donors (Lipinski definition) is 1. The van der Waals surface area contributed by atoms with Gasteiger partial charge in [-0.3, -0.25) is 0 Å². The summed E-state index contributed by atoms with van der Waals surface area (Å²) in [6, 6.07) is 23.4. The molecule has 1 aromatic heterocycles. The van der Waals surface area contributed by atoms with Gasteiger partial charge in [-0.15, -0.1) is 0 Å². The number of aromatic amines is 1. The Morgan fingerprint density at radius 3 is 1.92 bits per heavy atom. The standard InChI is InChI=1S/C21H17Br2N3/c22-17-5-1-15(2-6-17)12-26(13-16-3-7-18(23)8-4-16)19-9-10-20-21(11-19)25-14-24-20/h1-11,14H,12-13H2,(H,24,25). The summed E-state index contributed by atoms with van der Waals surface area (Å²) in [7, 11) is 0. The van der Waals surface area contributed by atoms with Crippen LogP contribution in [0, 0.1) is 0 Å². The van der Waals surface area contributed by atoms with Crippen LogP contribution >= 0.6 is 31.9 Å². The fraction of sp³-hybridized carbons (Fsp3) is 0.0952. The van der Waals surface area contributed by atoms with E-state index in [4.69, 9.17) is 0 Å². The third-order valence-corrected chi connectivity index (χ3v) is 5.40. The van der Waals surface area contributed by atoms with Crippen molar-refractivity contribution in [3.05, 3.63) is 93.1 Å². The molecule has 0 saturated heterocycles. The van der Waals surface area contributed by atoms with Gasteiger partial charge >= 0.3 is 0 Å². The van der Waals surface area contributed by atoms with E-state index in [1.165, 1.54) is 16.8 Å². The largest absolute Gasteiger partial charge is 0.363 e. The number of halogens is 2. The van der Waals surface area contributed by atoms with Crippen molar-refractivity contribution in [2.45, 2.75) is 13.1 Å². The van der Waals surface area contributed by atoms with E-state index in [-0.39, 0.29) is 0 Å². The lowest BCUT2D eigenvalue weighted by molar-refractivity contribution is 0.800. The minimum absolute atomic E-state index is 0.836. The SMILES string of the molecule is Brc1ccc(CN(Cc2ccc(Br)cc2)c2ccc3nc[nH]c3c2)cc1. The average molecular weight is 471 g/mol. The molecule has 0 aliphatic carbocycles. The number of rotatable bonds is 5. The van der Waals surface area contributed by atoms with Crippen molar-refractivity contribution < 1.29 is 0 Å². The molecule has 0 bridgehead atoms. The number of H-pyrrole nitrogens is 1. The van der Waals surface area contributed by atoms with Crippen LogP contribution in [0.15, 0.2) is 82.0 Å². The summed E-state index contributed by atoms with van der Waals surface area (Å²) in [5, 5.41) is 0. The summed E-state index contributed by atoms with van der Waals surface area (Å²) >= 11 is 7.02. The van der Waals surface area contributed by atoms with Gasteiger partial charge in [0, 0.05) is 27.7 Å². The Hall–Kier alpha value is -2.11. The summed E-state index contributed by atoms with van der Waals surface area (Å²) in [5.41, 5.74) is 5.76. The van der Waals surface area contributed by atoms with Crippen molar-refractivity contribution >= 4 is 48.6 Å². The molecule has 5 heteroatoms. The Balaban J connectivity index is 1.67. The molecule has 3 aromatic carbocycles. The van der Waals surface area contributed by atoms with E-state index in [2.05, 4.69) is 113 Å². The molecule has 0 aliphatic rings. The number of hydrogen-bond acceptors (Lipinski definition) is 2. The molecule has 0 spiro atoms. The van der Waals surface area contributed by atoms with Crippen LogP contribution in [-0.2, 0) is 13.1 Å². The highest BCUT2D eigenvalue weighted by atomic mass is 79.9. The first-order valence-corrected chi connectivity index (χ1v) is 9.93. The smallest absolute Gasteiger partial charge is 0.0931 e. The Labute approximate surface area is 169 Å². The zero-order chi connectivity index (χ0) is 17.9. The van der Waals surface area contributed by atoms with Gasteiger partial charge in [-0.05, 0) is 53.6 Å². The first kappa shape index (κ1) is 17.3. The Kier molecular flexibility index (Phi) is 5.09. The van der Waals surface area contributed by atoms with Gasteiger partial charge in [0.2, 0.25) is 0 Å². The van der Waals surface area contributed by atoms with Gasteiger partial charge in [0.1, 0.15) is 0 Å². The summed E-state index contributed by atoms with van der Waals surface area (Å²) < 4.78 is 2.19. The molecule has 1 heterocycles. The predicted octanol–water partition coefficient (Wildman–Crippen LogP) is 6.29. The monoisotopic (exact) mass is 469 g/mol. The number of benzene rings is 3. The molecule has 0 aliphatic heterocycles. The third-order valence-electron chi connectivity index (χ3n) is 4.34. The second-order valence-corrected chi connectivity index (χ2v) is 8.04. The Morgan fingerprint density at radius 2 is 1.35 bits per heavy atom. The Bertz CT molecular complexity index is 960. The number of aromatic nitrogens is 2. The topological polar surface area (TPSA) is 31.9 Å². The van der Waals surface area contributed by atoms with Crippen LogP contribution in [0.3, 0.4) is 0 Å². The van der Waals surface area contributed by atoms with E-state index < -0.39 is 0 Å². The molecule has 0 fully saturated rings. The molecule has 4 aromatic rings. The minimum Gasteiger partial charge on any atom is -0.363 e. The molecule has 0 unspecified atom stereocenters. The lowest BCUT2D eigenvalue weighted by atomic mass is 10.1. The van der Waals surface area contributed by atoms with Crippen LogP contribution in [0.5, 0.6) is 0 Å². The van der Waals surface area contributed by atoms with E-state index in [0.717, 1.165) is 33.1 Å². The van der Waals surface area contributed by atoms with Gasteiger partial charge in [-0.1, -0.05) is 56.1 Å². The molecule has 26 heavy (non-hydrogen) atoms. The quantitative estimate of drug-likeness (QED) is 0.371. The van der Waals surface area contributed by atoms with Crippen LogP contribution in [0.2, 0.25) is 0 Å². The van der Waals surface area contributed by atoms with Gasteiger partial charge in [0.05, 0.1) is 17.4 Å². The van der Waals surface area contributed by atoms with Gasteiger partial charge < -0.3 is 9.88 Å². The predicted molar refractivity (Wildman–Crippen MR) is 114 cm³/mol. The molecular weight excluding hydrogens is 454 g/mol. The van der Waals surface area contributed by atoms with Gasteiger partial charge in [0.15, 0.2) is 0 Å². The summed E-state index contributed by atoms with van der Waals surface area (Å²) in [6.45, 7) is 1.67. The number of imidazole rings is 1. The van der Waals surface area contributed by atoms with Crippen molar-refractivity contribution in [3.63, 3.8) is 0 Å². The molecule has 1 N–H and O–H groups in total. The number of anilines is 1. The fourth-order valence-corrected chi connectivity index (χ4v) is 3.51. The highest BCUT2D eigenvalue weighted by Gasteiger charge is 2.10. The maximum absolute atomic E-state index is 4.32. The van der Waals surface area contributed by atoms with Crippen LogP contribution in [0.1, 0.15) is 11.1 Å². The first-order valence-electron chi connectivity index (χ1n) is 8.34. The highest BCUT2D eigenvalue weighted by Crippen LogP contribution is 2.25. The van der Waals surface area contributed by atoms with Crippen molar-refractivity contribution in [1.29, 1.82) is 0 Å².